The van der Waals surface area contributed by atoms with Crippen LogP contribution in [0.2, 0.25) is 0 Å². The van der Waals surface area contributed by atoms with Crippen molar-refractivity contribution in [2.75, 3.05) is 41.0 Å². The van der Waals surface area contributed by atoms with Gasteiger partial charge < -0.3 is 24.4 Å². The van der Waals surface area contributed by atoms with Crippen LogP contribution in [0.4, 0.5) is 4.39 Å². The first-order valence-electron chi connectivity index (χ1n) is 9.64. The smallest absolute Gasteiger partial charge is 0.258 e. The van der Waals surface area contributed by atoms with E-state index in [1.54, 1.807) is 18.2 Å². The molecule has 1 N–H and O–H groups in total. The minimum Gasteiger partial charge on any atom is -0.496 e. The molecule has 0 saturated carbocycles. The summed E-state index contributed by atoms with van der Waals surface area (Å²) in [4.78, 5) is 15.5. The summed E-state index contributed by atoms with van der Waals surface area (Å²) >= 11 is 0. The van der Waals surface area contributed by atoms with Crippen LogP contribution in [0.15, 0.2) is 36.4 Å². The summed E-state index contributed by atoms with van der Waals surface area (Å²) in [6.45, 7) is 2.26. The maximum absolute atomic E-state index is 13.9. The molecule has 8 heteroatoms. The second kappa shape index (κ2) is 9.10. The molecule has 0 spiro atoms. The minimum atomic E-state index is -0.298. The number of hydrogen-bond donors (Lipinski definition) is 1. The number of nitrogens with zero attached hydrogens (tertiary/aromatic N) is 1. The van der Waals surface area contributed by atoms with E-state index in [2.05, 4.69) is 5.32 Å². The van der Waals surface area contributed by atoms with Gasteiger partial charge in [0.25, 0.3) is 5.91 Å². The number of likely N-dealkylation sites (tertiary alicyclic amines) is 1. The molecule has 2 aromatic carbocycles. The van der Waals surface area contributed by atoms with E-state index in [4.69, 9.17) is 14.2 Å². The number of hydrogen-bond acceptors (Lipinski definition) is 5. The Morgan fingerprint density at radius 3 is 2.40 bits per heavy atom. The van der Waals surface area contributed by atoms with Crippen molar-refractivity contribution in [3.05, 3.63) is 53.3 Å². The van der Waals surface area contributed by atoms with E-state index in [1.165, 1.54) is 33.5 Å². The van der Waals surface area contributed by atoms with Crippen molar-refractivity contribution in [1.82, 2.24) is 10.2 Å². The summed E-state index contributed by atoms with van der Waals surface area (Å²) in [7, 11) is 4.58. The van der Waals surface area contributed by atoms with Gasteiger partial charge in [-0.25, -0.2) is 4.39 Å². The largest absolute Gasteiger partial charge is 0.496 e. The fourth-order valence-electron chi connectivity index (χ4n) is 4.60. The van der Waals surface area contributed by atoms with Gasteiger partial charge in [0.15, 0.2) is 11.5 Å². The van der Waals surface area contributed by atoms with Gasteiger partial charge in [-0.05, 0) is 23.6 Å². The Morgan fingerprint density at radius 1 is 1.03 bits per heavy atom. The fourth-order valence-corrected chi connectivity index (χ4v) is 4.60. The van der Waals surface area contributed by atoms with Gasteiger partial charge in [0, 0.05) is 37.7 Å². The summed E-state index contributed by atoms with van der Waals surface area (Å²) in [5.41, 5.74) is 1.22. The highest BCUT2D eigenvalue weighted by Gasteiger charge is 2.47. The van der Waals surface area contributed by atoms with Gasteiger partial charge in [-0.15, -0.1) is 12.4 Å². The van der Waals surface area contributed by atoms with Gasteiger partial charge >= 0.3 is 0 Å². The predicted octanol–water partition coefficient (Wildman–Crippen LogP) is 3.31. The summed E-state index contributed by atoms with van der Waals surface area (Å²) in [5, 5.41) is 3.40. The van der Waals surface area contributed by atoms with Crippen molar-refractivity contribution in [2.45, 2.75) is 6.04 Å². The van der Waals surface area contributed by atoms with Gasteiger partial charge in [-0.3, -0.25) is 4.79 Å². The molecule has 2 fully saturated rings. The normalized spacial score (nSPS) is 22.3. The molecule has 0 aliphatic carbocycles. The third-order valence-electron chi connectivity index (χ3n) is 5.95. The van der Waals surface area contributed by atoms with E-state index >= 15 is 0 Å². The Bertz CT molecular complexity index is 926. The molecular weight excluding hydrogens is 411 g/mol. The molecule has 2 saturated heterocycles. The Morgan fingerprint density at radius 2 is 1.73 bits per heavy atom. The molecule has 0 aromatic heterocycles. The van der Waals surface area contributed by atoms with Gasteiger partial charge in [0.2, 0.25) is 0 Å². The highest BCUT2D eigenvalue weighted by atomic mass is 35.5. The topological polar surface area (TPSA) is 60.0 Å². The molecule has 162 valence electrons. The average Bonchev–Trinajstić information content (AvgIpc) is 3.33. The zero-order valence-electron chi connectivity index (χ0n) is 17.2. The highest BCUT2D eigenvalue weighted by Crippen LogP contribution is 2.45. The standard InChI is InChI=1S/C22H25FN2O4.ClH/c1-27-18-9-20(29-3)19(28-2)8-16(18)22(26)25-12-14-10-24-11-17(14)21(25)13-5-4-6-15(23)7-13;/h4-9,14,17,21,24H,10-12H2,1-3H3;1H/t14-,17-,21-;/m0./s1. The van der Waals surface area contributed by atoms with Crippen molar-refractivity contribution in [3.8, 4) is 17.2 Å². The number of amides is 1. The van der Waals surface area contributed by atoms with Crippen LogP contribution in [-0.2, 0) is 0 Å². The molecule has 1 amide bonds. The van der Waals surface area contributed by atoms with Gasteiger partial charge in [-0.1, -0.05) is 12.1 Å². The first-order chi connectivity index (χ1) is 14.1. The number of ether oxygens (including phenoxy) is 3. The fraction of sp³-hybridized carbons (Fsp3) is 0.409. The Balaban J connectivity index is 0.00000256. The third-order valence-corrected chi connectivity index (χ3v) is 5.95. The average molecular weight is 437 g/mol. The van der Waals surface area contributed by atoms with Crippen LogP contribution in [0.3, 0.4) is 0 Å². The van der Waals surface area contributed by atoms with E-state index in [9.17, 15) is 9.18 Å². The number of benzene rings is 2. The van der Waals surface area contributed by atoms with Crippen LogP contribution >= 0.6 is 12.4 Å². The maximum Gasteiger partial charge on any atom is 0.258 e. The summed E-state index contributed by atoms with van der Waals surface area (Å²) < 4.78 is 30.1. The maximum atomic E-state index is 13.9. The second-order valence-electron chi connectivity index (χ2n) is 7.45. The zero-order chi connectivity index (χ0) is 20.5. The van der Waals surface area contributed by atoms with E-state index in [1.807, 2.05) is 11.0 Å². The van der Waals surface area contributed by atoms with E-state index in [-0.39, 0.29) is 36.1 Å². The molecule has 2 heterocycles. The van der Waals surface area contributed by atoms with Crippen molar-refractivity contribution in [1.29, 1.82) is 0 Å². The summed E-state index contributed by atoms with van der Waals surface area (Å²) in [5.74, 6) is 1.48. The molecule has 3 atom stereocenters. The molecule has 2 aliphatic rings. The van der Waals surface area contributed by atoms with E-state index in [0.717, 1.165) is 18.7 Å². The lowest BCUT2D eigenvalue weighted by atomic mass is 9.89. The Labute approximate surface area is 181 Å². The van der Waals surface area contributed by atoms with Crippen LogP contribution in [0, 0.1) is 17.7 Å². The van der Waals surface area contributed by atoms with Gasteiger partial charge in [0.05, 0.1) is 32.9 Å². The van der Waals surface area contributed by atoms with Crippen molar-refractivity contribution in [3.63, 3.8) is 0 Å². The van der Waals surface area contributed by atoms with Crippen LogP contribution in [0.5, 0.6) is 17.2 Å². The van der Waals surface area contributed by atoms with Crippen LogP contribution in [0.25, 0.3) is 0 Å². The molecule has 2 aliphatic heterocycles. The SMILES string of the molecule is COc1cc(OC)c(C(=O)N2C[C@@H]3CNC[C@@H]3[C@@H]2c2cccc(F)c2)cc1OC.Cl. The zero-order valence-corrected chi connectivity index (χ0v) is 18.0. The van der Waals surface area contributed by atoms with Crippen molar-refractivity contribution >= 4 is 18.3 Å². The molecule has 30 heavy (non-hydrogen) atoms. The lowest BCUT2D eigenvalue weighted by Crippen LogP contribution is -2.35. The number of nitrogens with one attached hydrogen (secondary N) is 1. The lowest BCUT2D eigenvalue weighted by Gasteiger charge is -2.29. The van der Waals surface area contributed by atoms with Crippen LogP contribution in [-0.4, -0.2) is 51.8 Å². The van der Waals surface area contributed by atoms with E-state index < -0.39 is 0 Å². The number of carbonyl (C=O) groups excluding carboxylic acids is 1. The summed E-state index contributed by atoms with van der Waals surface area (Å²) in [6, 6.07) is 9.64. The van der Waals surface area contributed by atoms with Crippen LogP contribution < -0.4 is 19.5 Å². The predicted molar refractivity (Wildman–Crippen MR) is 113 cm³/mol. The Kier molecular flexibility index (Phi) is 6.73. The molecule has 2 aromatic rings. The molecule has 6 nitrogen and oxygen atoms in total. The highest BCUT2D eigenvalue weighted by molar-refractivity contribution is 5.98. The van der Waals surface area contributed by atoms with Gasteiger partial charge in [-0.2, -0.15) is 0 Å². The monoisotopic (exact) mass is 436 g/mol. The lowest BCUT2D eigenvalue weighted by molar-refractivity contribution is 0.0710. The number of methoxy groups -OCH3 is 3. The molecular formula is C22H26ClFN2O4. The molecule has 4 rings (SSSR count). The number of fused-ring (bicyclic) bond motifs is 1. The first-order valence-corrected chi connectivity index (χ1v) is 9.64. The van der Waals surface area contributed by atoms with Crippen molar-refractivity contribution in [2.24, 2.45) is 11.8 Å². The second-order valence-corrected chi connectivity index (χ2v) is 7.45. The third kappa shape index (κ3) is 3.79. The van der Waals surface area contributed by atoms with Crippen molar-refractivity contribution < 1.29 is 23.4 Å². The Hall–Kier alpha value is -2.51. The minimum absolute atomic E-state index is 0. The van der Waals surface area contributed by atoms with Crippen LogP contribution in [0.1, 0.15) is 22.0 Å². The number of rotatable bonds is 5. The summed E-state index contributed by atoms with van der Waals surface area (Å²) in [6.07, 6.45) is 0. The number of halogens is 2. The quantitative estimate of drug-likeness (QED) is 0.779. The van der Waals surface area contributed by atoms with Gasteiger partial charge in [0.1, 0.15) is 11.6 Å². The molecule has 0 radical (unpaired) electrons. The number of carbonyl (C=O) groups is 1. The molecule has 0 bridgehead atoms. The first kappa shape index (κ1) is 22.2. The molecule has 0 unspecified atom stereocenters. The van der Waals surface area contributed by atoms with E-state index in [0.29, 0.717) is 35.3 Å².